The second-order valence-corrected chi connectivity index (χ2v) is 16.4. The van der Waals surface area contributed by atoms with Crippen LogP contribution in [0.3, 0.4) is 0 Å². The molecule has 1 aromatic heterocycles. The predicted octanol–water partition coefficient (Wildman–Crippen LogP) is 14.8. The molecule has 292 valence electrons. The van der Waals surface area contributed by atoms with E-state index in [-0.39, 0.29) is 11.8 Å². The van der Waals surface area contributed by atoms with Crippen LogP contribution in [0.4, 0.5) is 0 Å². The number of ether oxygens (including phenoxy) is 1. The minimum absolute atomic E-state index is 0.217. The van der Waals surface area contributed by atoms with Crippen LogP contribution in [0.15, 0.2) is 231 Å². The van der Waals surface area contributed by atoms with Crippen molar-refractivity contribution in [3.05, 3.63) is 253 Å². The molecule has 2 aliphatic carbocycles. The first kappa shape index (κ1) is 36.0. The number of hydrogen-bond acceptors (Lipinski definition) is 3. The van der Waals surface area contributed by atoms with Gasteiger partial charge >= 0.3 is 0 Å². The van der Waals surface area contributed by atoms with Crippen molar-refractivity contribution in [2.75, 3.05) is 0 Å². The Morgan fingerprint density at radius 3 is 1.73 bits per heavy atom. The SMILES string of the molecule is C1=CC2c3ccccc3C3(c4ccccc4Oc4ccc(-c5cccc(-c6cccc(-c7cc(-c8ccccc8-c8ccccc8)nc(-c8ccccc8)n7)c6)c5)cc43)C2C=C1. The number of nitrogens with zero attached hydrogens (tertiary/aromatic N) is 2. The van der Waals surface area contributed by atoms with Gasteiger partial charge in [-0.05, 0) is 80.9 Å². The third kappa shape index (κ3) is 5.81. The van der Waals surface area contributed by atoms with Crippen molar-refractivity contribution in [3.8, 4) is 78.8 Å². The number of benzene rings is 8. The maximum absolute atomic E-state index is 6.75. The van der Waals surface area contributed by atoms with Crippen LogP contribution in [-0.4, -0.2) is 9.97 Å². The standard InChI is InChI=1S/C59H40N2O/c1-3-17-39(18-4-1)46-25-7-8-28-49(46)55-38-54(60-58(61-55)40-19-5-2-6-20-40)45-24-16-23-43(36-45)41-21-15-22-42(35-41)44-33-34-57-53(37-44)59(52-31-13-14-32-56(52)62-57)50-29-11-9-26-47(50)48-27-10-12-30-51(48)59/h1-38,47,50H. The van der Waals surface area contributed by atoms with E-state index in [4.69, 9.17) is 14.7 Å². The van der Waals surface area contributed by atoms with E-state index in [9.17, 15) is 0 Å². The first-order valence-electron chi connectivity index (χ1n) is 21.4. The molecule has 12 rings (SSSR count). The Bertz CT molecular complexity index is 3240. The van der Waals surface area contributed by atoms with Gasteiger partial charge in [-0.2, -0.15) is 0 Å². The molecule has 3 unspecified atom stereocenters. The summed E-state index contributed by atoms with van der Waals surface area (Å²) in [5, 5.41) is 0. The van der Waals surface area contributed by atoms with Crippen molar-refractivity contribution in [2.24, 2.45) is 5.92 Å². The number of hydrogen-bond donors (Lipinski definition) is 0. The van der Waals surface area contributed by atoms with Crippen LogP contribution in [0.25, 0.3) is 67.3 Å². The van der Waals surface area contributed by atoms with E-state index in [1.807, 2.05) is 18.2 Å². The summed E-state index contributed by atoms with van der Waals surface area (Å²) >= 11 is 0. The minimum Gasteiger partial charge on any atom is -0.457 e. The van der Waals surface area contributed by atoms with Gasteiger partial charge in [-0.3, -0.25) is 0 Å². The van der Waals surface area contributed by atoms with Gasteiger partial charge in [0.05, 0.1) is 16.8 Å². The van der Waals surface area contributed by atoms with Crippen molar-refractivity contribution in [3.63, 3.8) is 0 Å². The third-order valence-corrected chi connectivity index (χ3v) is 13.0. The molecule has 0 saturated heterocycles. The van der Waals surface area contributed by atoms with Crippen molar-refractivity contribution < 1.29 is 4.74 Å². The van der Waals surface area contributed by atoms with Crippen LogP contribution >= 0.6 is 0 Å². The molecule has 0 radical (unpaired) electrons. The Kier molecular flexibility index (Phi) is 8.53. The lowest BCUT2D eigenvalue weighted by molar-refractivity contribution is 0.374. The molecule has 9 aromatic rings. The van der Waals surface area contributed by atoms with Gasteiger partial charge in [0, 0.05) is 39.7 Å². The fraction of sp³-hybridized carbons (Fsp3) is 0.0508. The van der Waals surface area contributed by atoms with E-state index in [1.165, 1.54) is 22.3 Å². The molecule has 0 saturated carbocycles. The number of aromatic nitrogens is 2. The molecule has 62 heavy (non-hydrogen) atoms. The van der Waals surface area contributed by atoms with Gasteiger partial charge in [-0.15, -0.1) is 0 Å². The summed E-state index contributed by atoms with van der Waals surface area (Å²) in [5.74, 6) is 3.04. The van der Waals surface area contributed by atoms with Gasteiger partial charge in [-0.25, -0.2) is 9.97 Å². The lowest BCUT2D eigenvalue weighted by Crippen LogP contribution is -2.37. The van der Waals surface area contributed by atoms with E-state index in [0.717, 1.165) is 73.0 Å². The van der Waals surface area contributed by atoms with Gasteiger partial charge < -0.3 is 4.74 Å². The summed E-state index contributed by atoms with van der Waals surface area (Å²) in [4.78, 5) is 10.4. The van der Waals surface area contributed by atoms with Crippen LogP contribution in [0.5, 0.6) is 11.5 Å². The molecule has 1 spiro atoms. The van der Waals surface area contributed by atoms with Crippen LogP contribution < -0.4 is 4.74 Å². The highest BCUT2D eigenvalue weighted by molar-refractivity contribution is 5.85. The van der Waals surface area contributed by atoms with Crippen molar-refractivity contribution in [2.45, 2.75) is 11.3 Å². The van der Waals surface area contributed by atoms with Gasteiger partial charge in [0.25, 0.3) is 0 Å². The molecule has 1 aliphatic heterocycles. The highest BCUT2D eigenvalue weighted by atomic mass is 16.5. The zero-order valence-electron chi connectivity index (χ0n) is 33.9. The van der Waals surface area contributed by atoms with E-state index in [2.05, 4.69) is 212 Å². The Morgan fingerprint density at radius 2 is 0.935 bits per heavy atom. The lowest BCUT2D eigenvalue weighted by atomic mass is 9.61. The highest BCUT2D eigenvalue weighted by Crippen LogP contribution is 2.64. The first-order chi connectivity index (χ1) is 30.7. The second-order valence-electron chi connectivity index (χ2n) is 16.4. The number of para-hydroxylation sites is 1. The molecule has 0 amide bonds. The van der Waals surface area contributed by atoms with E-state index < -0.39 is 5.41 Å². The summed E-state index contributed by atoms with van der Waals surface area (Å²) in [7, 11) is 0. The molecular weight excluding hydrogens is 753 g/mol. The zero-order valence-corrected chi connectivity index (χ0v) is 33.9. The van der Waals surface area contributed by atoms with E-state index in [1.54, 1.807) is 0 Å². The summed E-state index contributed by atoms with van der Waals surface area (Å²) in [6, 6.07) is 73.5. The normalized spacial score (nSPS) is 17.7. The Morgan fingerprint density at radius 1 is 0.371 bits per heavy atom. The largest absolute Gasteiger partial charge is 0.457 e. The average molecular weight is 793 g/mol. The van der Waals surface area contributed by atoms with E-state index in [0.29, 0.717) is 5.82 Å². The number of rotatable bonds is 6. The topological polar surface area (TPSA) is 35.0 Å². The maximum atomic E-state index is 6.75. The van der Waals surface area contributed by atoms with Crippen molar-refractivity contribution in [1.29, 1.82) is 0 Å². The predicted molar refractivity (Wildman–Crippen MR) is 252 cm³/mol. The lowest BCUT2D eigenvalue weighted by Gasteiger charge is -2.43. The molecule has 0 fully saturated rings. The highest BCUT2D eigenvalue weighted by Gasteiger charge is 2.56. The Hall–Kier alpha value is -7.88. The number of allylic oxidation sites excluding steroid dienone is 4. The van der Waals surface area contributed by atoms with Gasteiger partial charge in [0.1, 0.15) is 11.5 Å². The van der Waals surface area contributed by atoms with Crippen LogP contribution in [0.1, 0.15) is 28.2 Å². The quantitative estimate of drug-likeness (QED) is 0.168. The summed E-state index contributed by atoms with van der Waals surface area (Å²) < 4.78 is 6.75. The molecule has 3 nitrogen and oxygen atoms in total. The summed E-state index contributed by atoms with van der Waals surface area (Å²) in [5.41, 5.74) is 16.5. The minimum atomic E-state index is -0.398. The summed E-state index contributed by atoms with van der Waals surface area (Å²) in [6.07, 6.45) is 9.23. The smallest absolute Gasteiger partial charge is 0.160 e. The molecule has 0 N–H and O–H groups in total. The monoisotopic (exact) mass is 792 g/mol. The maximum Gasteiger partial charge on any atom is 0.160 e. The summed E-state index contributed by atoms with van der Waals surface area (Å²) in [6.45, 7) is 0. The fourth-order valence-electron chi connectivity index (χ4n) is 10.3. The van der Waals surface area contributed by atoms with Gasteiger partial charge in [0.2, 0.25) is 0 Å². The molecule has 3 atom stereocenters. The fourth-order valence-corrected chi connectivity index (χ4v) is 10.3. The van der Waals surface area contributed by atoms with Crippen molar-refractivity contribution >= 4 is 0 Å². The first-order valence-corrected chi connectivity index (χ1v) is 21.4. The Labute approximate surface area is 362 Å². The zero-order chi connectivity index (χ0) is 41.0. The second kappa shape index (κ2) is 14.7. The number of fused-ring (bicyclic) bond motifs is 9. The van der Waals surface area contributed by atoms with Crippen LogP contribution in [-0.2, 0) is 5.41 Å². The molecule has 2 heterocycles. The Balaban J connectivity index is 0.961. The van der Waals surface area contributed by atoms with Gasteiger partial charge in [-0.1, -0.05) is 194 Å². The molecule has 0 bridgehead atoms. The molecule has 3 aliphatic rings. The average Bonchev–Trinajstić information content (AvgIpc) is 3.65. The van der Waals surface area contributed by atoms with Crippen LogP contribution in [0.2, 0.25) is 0 Å². The van der Waals surface area contributed by atoms with Gasteiger partial charge in [0.15, 0.2) is 5.82 Å². The van der Waals surface area contributed by atoms with E-state index >= 15 is 0 Å². The molecule has 3 heteroatoms. The molecule has 8 aromatic carbocycles. The molecular formula is C59H40N2O. The third-order valence-electron chi connectivity index (χ3n) is 13.0. The van der Waals surface area contributed by atoms with Crippen molar-refractivity contribution in [1.82, 2.24) is 9.97 Å². The van der Waals surface area contributed by atoms with Crippen LogP contribution in [0, 0.1) is 5.92 Å².